The maximum absolute atomic E-state index is 13.1. The minimum absolute atomic E-state index is 0.147. The summed E-state index contributed by atoms with van der Waals surface area (Å²) in [5.74, 6) is 0.348. The van der Waals surface area contributed by atoms with Gasteiger partial charge in [-0.1, -0.05) is 12.1 Å². The Morgan fingerprint density at radius 1 is 1.20 bits per heavy atom. The van der Waals surface area contributed by atoms with Crippen molar-refractivity contribution in [2.75, 3.05) is 11.4 Å². The fraction of sp³-hybridized carbons (Fsp3) is 0.316. The molecule has 4 rings (SSSR count). The van der Waals surface area contributed by atoms with Gasteiger partial charge in [-0.15, -0.1) is 0 Å². The van der Waals surface area contributed by atoms with Crippen molar-refractivity contribution in [1.82, 2.24) is 10.5 Å². The molecule has 0 bridgehead atoms. The molecule has 2 aliphatic rings. The summed E-state index contributed by atoms with van der Waals surface area (Å²) in [6.07, 6.45) is 4.74. The van der Waals surface area contributed by atoms with Crippen molar-refractivity contribution in [3.05, 3.63) is 59.3 Å². The molecule has 6 heteroatoms. The van der Waals surface area contributed by atoms with E-state index in [9.17, 15) is 9.59 Å². The van der Waals surface area contributed by atoms with Gasteiger partial charge in [0.25, 0.3) is 5.91 Å². The average molecular weight is 337 g/mol. The standard InChI is InChI=1S/C19H19N3O3/c23-17(21-25)14-4-5-15-12-19(7-6-13(15)11-14)8-10-22(18(19)24)16-3-1-2-9-20-16/h1-5,9,11,25H,6-8,10,12H2,(H,21,23). The molecule has 1 spiro atoms. The first kappa shape index (κ1) is 15.8. The molecule has 1 atom stereocenters. The van der Waals surface area contributed by atoms with E-state index in [0.29, 0.717) is 24.3 Å². The first-order valence-electron chi connectivity index (χ1n) is 8.42. The van der Waals surface area contributed by atoms with E-state index < -0.39 is 5.91 Å². The molecule has 2 heterocycles. The minimum atomic E-state index is -0.513. The fourth-order valence-corrected chi connectivity index (χ4v) is 4.01. The van der Waals surface area contributed by atoms with Gasteiger partial charge in [0.05, 0.1) is 5.41 Å². The molecular formula is C19H19N3O3. The predicted octanol–water partition coefficient (Wildman–Crippen LogP) is 2.11. The molecule has 128 valence electrons. The Morgan fingerprint density at radius 3 is 2.84 bits per heavy atom. The van der Waals surface area contributed by atoms with Crippen LogP contribution in [0.5, 0.6) is 0 Å². The van der Waals surface area contributed by atoms with Crippen LogP contribution in [0.25, 0.3) is 0 Å². The number of benzene rings is 1. The number of carbonyl (C=O) groups is 2. The van der Waals surface area contributed by atoms with Crippen molar-refractivity contribution in [3.8, 4) is 0 Å². The number of aromatic nitrogens is 1. The second-order valence-corrected chi connectivity index (χ2v) is 6.78. The van der Waals surface area contributed by atoms with Gasteiger partial charge < -0.3 is 0 Å². The topological polar surface area (TPSA) is 82.5 Å². The van der Waals surface area contributed by atoms with Gasteiger partial charge in [-0.3, -0.25) is 19.7 Å². The maximum atomic E-state index is 13.1. The molecule has 1 aromatic heterocycles. The van der Waals surface area contributed by atoms with Crippen LogP contribution >= 0.6 is 0 Å². The highest BCUT2D eigenvalue weighted by Gasteiger charge is 2.48. The Bertz CT molecular complexity index is 837. The van der Waals surface area contributed by atoms with E-state index in [1.807, 2.05) is 30.3 Å². The molecule has 1 aliphatic heterocycles. The monoisotopic (exact) mass is 337 g/mol. The van der Waals surface area contributed by atoms with Crippen LogP contribution in [0.2, 0.25) is 0 Å². The van der Waals surface area contributed by atoms with Gasteiger partial charge in [-0.25, -0.2) is 10.5 Å². The Kier molecular flexibility index (Phi) is 3.77. The number of hydrogen-bond donors (Lipinski definition) is 2. The van der Waals surface area contributed by atoms with Crippen LogP contribution < -0.4 is 10.4 Å². The zero-order valence-electron chi connectivity index (χ0n) is 13.7. The normalized spacial score (nSPS) is 22.1. The van der Waals surface area contributed by atoms with Gasteiger partial charge in [0.15, 0.2) is 0 Å². The van der Waals surface area contributed by atoms with E-state index in [0.717, 1.165) is 30.4 Å². The number of nitrogens with zero attached hydrogens (tertiary/aromatic N) is 2. The van der Waals surface area contributed by atoms with E-state index in [1.165, 1.54) is 0 Å². The Hall–Kier alpha value is -2.73. The number of fused-ring (bicyclic) bond motifs is 1. The average Bonchev–Trinajstić information content (AvgIpc) is 2.97. The molecule has 0 saturated carbocycles. The number of rotatable bonds is 2. The van der Waals surface area contributed by atoms with Crippen molar-refractivity contribution < 1.29 is 14.8 Å². The molecule has 25 heavy (non-hydrogen) atoms. The second kappa shape index (κ2) is 5.97. The fourth-order valence-electron chi connectivity index (χ4n) is 4.01. The molecule has 2 N–H and O–H groups in total. The summed E-state index contributed by atoms with van der Waals surface area (Å²) in [4.78, 5) is 30.8. The van der Waals surface area contributed by atoms with Crippen LogP contribution in [0.1, 0.15) is 34.3 Å². The quantitative estimate of drug-likeness (QED) is 0.649. The number of aryl methyl sites for hydroxylation is 1. The summed E-state index contributed by atoms with van der Waals surface area (Å²) in [7, 11) is 0. The number of pyridine rings is 1. The van der Waals surface area contributed by atoms with Crippen molar-refractivity contribution >= 4 is 17.6 Å². The van der Waals surface area contributed by atoms with Crippen LogP contribution in [0.15, 0.2) is 42.6 Å². The number of hydrogen-bond acceptors (Lipinski definition) is 4. The Balaban J connectivity index is 1.60. The summed E-state index contributed by atoms with van der Waals surface area (Å²) >= 11 is 0. The second-order valence-electron chi connectivity index (χ2n) is 6.78. The molecule has 1 fully saturated rings. The van der Waals surface area contributed by atoms with Gasteiger partial charge in [0, 0.05) is 18.3 Å². The minimum Gasteiger partial charge on any atom is -0.296 e. The van der Waals surface area contributed by atoms with Crippen molar-refractivity contribution in [2.45, 2.75) is 25.7 Å². The third-order valence-electron chi connectivity index (χ3n) is 5.41. The molecule has 2 amide bonds. The number of hydroxylamine groups is 1. The zero-order valence-corrected chi connectivity index (χ0v) is 13.7. The summed E-state index contributed by atoms with van der Waals surface area (Å²) in [6, 6.07) is 11.0. The number of carbonyl (C=O) groups excluding carboxylic acids is 2. The Morgan fingerprint density at radius 2 is 2.08 bits per heavy atom. The molecule has 1 aliphatic carbocycles. The summed E-state index contributed by atoms with van der Waals surface area (Å²) < 4.78 is 0. The first-order valence-corrected chi connectivity index (χ1v) is 8.42. The summed E-state index contributed by atoms with van der Waals surface area (Å²) in [6.45, 7) is 0.691. The van der Waals surface area contributed by atoms with Crippen LogP contribution in [-0.4, -0.2) is 28.6 Å². The molecule has 2 aromatic rings. The van der Waals surface area contributed by atoms with Crippen molar-refractivity contribution in [2.24, 2.45) is 5.41 Å². The van der Waals surface area contributed by atoms with E-state index in [2.05, 4.69) is 4.98 Å². The number of nitrogens with one attached hydrogen (secondary N) is 1. The van der Waals surface area contributed by atoms with Crippen LogP contribution in [0, 0.1) is 5.41 Å². The molecule has 1 saturated heterocycles. The van der Waals surface area contributed by atoms with Gasteiger partial charge in [0.1, 0.15) is 5.82 Å². The van der Waals surface area contributed by atoms with Gasteiger partial charge in [-0.05, 0) is 61.1 Å². The van der Waals surface area contributed by atoms with E-state index in [-0.39, 0.29) is 11.3 Å². The highest BCUT2D eigenvalue weighted by Crippen LogP contribution is 2.44. The molecule has 6 nitrogen and oxygen atoms in total. The van der Waals surface area contributed by atoms with E-state index >= 15 is 0 Å². The van der Waals surface area contributed by atoms with Crippen molar-refractivity contribution in [1.29, 1.82) is 0 Å². The van der Waals surface area contributed by atoms with E-state index in [4.69, 9.17) is 5.21 Å². The van der Waals surface area contributed by atoms with Crippen LogP contribution in [0.4, 0.5) is 5.82 Å². The Labute approximate surface area is 145 Å². The molecular weight excluding hydrogens is 318 g/mol. The van der Waals surface area contributed by atoms with E-state index in [1.54, 1.807) is 22.6 Å². The lowest BCUT2D eigenvalue weighted by Gasteiger charge is -2.33. The van der Waals surface area contributed by atoms with Crippen molar-refractivity contribution in [3.63, 3.8) is 0 Å². The van der Waals surface area contributed by atoms with Gasteiger partial charge in [0.2, 0.25) is 5.91 Å². The van der Waals surface area contributed by atoms with Gasteiger partial charge in [-0.2, -0.15) is 0 Å². The van der Waals surface area contributed by atoms with Crippen LogP contribution in [-0.2, 0) is 17.6 Å². The number of amides is 2. The number of anilines is 1. The molecule has 1 unspecified atom stereocenters. The lowest BCUT2D eigenvalue weighted by molar-refractivity contribution is -0.126. The molecule has 0 radical (unpaired) electrons. The van der Waals surface area contributed by atoms with Crippen LogP contribution in [0.3, 0.4) is 0 Å². The smallest absolute Gasteiger partial charge is 0.274 e. The predicted molar refractivity (Wildman–Crippen MR) is 91.4 cm³/mol. The third-order valence-corrected chi connectivity index (χ3v) is 5.41. The zero-order chi connectivity index (χ0) is 17.4. The summed E-state index contributed by atoms with van der Waals surface area (Å²) in [5.41, 5.74) is 3.91. The maximum Gasteiger partial charge on any atom is 0.274 e. The highest BCUT2D eigenvalue weighted by atomic mass is 16.5. The highest BCUT2D eigenvalue weighted by molar-refractivity contribution is 5.99. The SMILES string of the molecule is O=C(NO)c1ccc2c(c1)CCC1(CCN(c3ccccn3)C1=O)C2. The summed E-state index contributed by atoms with van der Waals surface area (Å²) in [5, 5.41) is 8.78. The lowest BCUT2D eigenvalue weighted by Crippen LogP contribution is -2.39. The first-order chi connectivity index (χ1) is 12.1. The lowest BCUT2D eigenvalue weighted by atomic mass is 9.70. The third kappa shape index (κ3) is 2.59. The molecule has 1 aromatic carbocycles. The van der Waals surface area contributed by atoms with Gasteiger partial charge >= 0.3 is 0 Å². The largest absolute Gasteiger partial charge is 0.296 e.